The van der Waals surface area contributed by atoms with E-state index in [-0.39, 0.29) is 11.9 Å². The fourth-order valence-electron chi connectivity index (χ4n) is 3.08. The highest BCUT2D eigenvalue weighted by molar-refractivity contribution is 6.31. The normalized spacial score (nSPS) is 17.0. The minimum absolute atomic E-state index is 0.184. The lowest BCUT2D eigenvalue weighted by Gasteiger charge is -2.20. The molecule has 3 rings (SSSR count). The van der Waals surface area contributed by atoms with Crippen LogP contribution in [0, 0.1) is 0 Å². The van der Waals surface area contributed by atoms with E-state index in [9.17, 15) is 4.79 Å². The van der Waals surface area contributed by atoms with Gasteiger partial charge in [0.25, 0.3) is 5.91 Å². The molecule has 1 saturated carbocycles. The second-order valence-corrected chi connectivity index (χ2v) is 6.50. The van der Waals surface area contributed by atoms with Gasteiger partial charge in [0, 0.05) is 5.02 Å². The van der Waals surface area contributed by atoms with Crippen molar-refractivity contribution < 1.29 is 4.79 Å². The van der Waals surface area contributed by atoms with Crippen molar-refractivity contribution in [2.75, 3.05) is 0 Å². The first kappa shape index (κ1) is 16.0. The van der Waals surface area contributed by atoms with Crippen molar-refractivity contribution in [3.63, 3.8) is 0 Å². The minimum Gasteiger partial charge on any atom is -0.344 e. The number of carbonyl (C=O) groups is 1. The van der Waals surface area contributed by atoms with Gasteiger partial charge >= 0.3 is 0 Å². The number of hydrogen-bond donors (Lipinski definition) is 1. The van der Waals surface area contributed by atoms with Gasteiger partial charge in [-0.2, -0.15) is 0 Å². The molecule has 23 heavy (non-hydrogen) atoms. The van der Waals surface area contributed by atoms with Crippen LogP contribution >= 0.6 is 11.6 Å². The molecule has 0 saturated heterocycles. The third kappa shape index (κ3) is 3.72. The first-order chi connectivity index (χ1) is 11.1. The van der Waals surface area contributed by atoms with Gasteiger partial charge < -0.3 is 5.32 Å². The summed E-state index contributed by atoms with van der Waals surface area (Å²) in [4.78, 5) is 12.4. The maximum atomic E-state index is 12.4. The Bertz CT molecular complexity index is 679. The summed E-state index contributed by atoms with van der Waals surface area (Å²) in [6.07, 6.45) is 7.70. The zero-order valence-electron chi connectivity index (χ0n) is 13.2. The number of nitrogens with zero attached hydrogens (tertiary/aromatic N) is 3. The van der Waals surface area contributed by atoms with Crippen LogP contribution in [-0.2, 0) is 0 Å². The molecule has 1 heterocycles. The average Bonchev–Trinajstić information content (AvgIpc) is 3.06. The summed E-state index contributed by atoms with van der Waals surface area (Å²) in [7, 11) is 0. The van der Waals surface area contributed by atoms with Gasteiger partial charge in [0.05, 0.1) is 18.3 Å². The molecule has 1 aliphatic carbocycles. The Morgan fingerprint density at radius 3 is 2.78 bits per heavy atom. The largest absolute Gasteiger partial charge is 0.344 e. The minimum atomic E-state index is -0.223. The van der Waals surface area contributed by atoms with E-state index in [1.54, 1.807) is 6.20 Å². The van der Waals surface area contributed by atoms with Gasteiger partial charge in [0.1, 0.15) is 0 Å². The molecule has 5 nitrogen and oxygen atoms in total. The van der Waals surface area contributed by atoms with Gasteiger partial charge in [-0.1, -0.05) is 54.3 Å². The SMILES string of the molecule is CC(NC(=O)c1cn(C2CCCCC2)nn1)c1ccccc1Cl. The van der Waals surface area contributed by atoms with E-state index in [0.717, 1.165) is 18.4 Å². The summed E-state index contributed by atoms with van der Waals surface area (Å²) in [5.41, 5.74) is 1.25. The van der Waals surface area contributed by atoms with Gasteiger partial charge in [-0.3, -0.25) is 4.79 Å². The zero-order chi connectivity index (χ0) is 16.2. The zero-order valence-corrected chi connectivity index (χ0v) is 14.0. The Labute approximate surface area is 141 Å². The highest BCUT2D eigenvalue weighted by atomic mass is 35.5. The summed E-state index contributed by atoms with van der Waals surface area (Å²) in [5, 5.41) is 11.7. The highest BCUT2D eigenvalue weighted by Gasteiger charge is 2.20. The molecule has 6 heteroatoms. The molecule has 0 bridgehead atoms. The van der Waals surface area contributed by atoms with Crippen LogP contribution in [0.5, 0.6) is 0 Å². The number of carbonyl (C=O) groups excluding carboxylic acids is 1. The van der Waals surface area contributed by atoms with Crippen LogP contribution in [0.25, 0.3) is 0 Å². The summed E-state index contributed by atoms with van der Waals surface area (Å²) in [5.74, 6) is -0.223. The number of hydrogen-bond acceptors (Lipinski definition) is 3. The number of halogens is 1. The van der Waals surface area contributed by atoms with Crippen molar-refractivity contribution in [2.24, 2.45) is 0 Å². The molecule has 0 radical (unpaired) electrons. The molecule has 2 aromatic rings. The van der Waals surface area contributed by atoms with E-state index in [0.29, 0.717) is 16.8 Å². The van der Waals surface area contributed by atoms with Crippen molar-refractivity contribution >= 4 is 17.5 Å². The molecular formula is C17H21ClN4O. The highest BCUT2D eigenvalue weighted by Crippen LogP contribution is 2.27. The van der Waals surface area contributed by atoms with Gasteiger partial charge in [0.15, 0.2) is 5.69 Å². The first-order valence-electron chi connectivity index (χ1n) is 8.12. The maximum Gasteiger partial charge on any atom is 0.273 e. The number of benzene rings is 1. The molecule has 1 aromatic carbocycles. The third-order valence-electron chi connectivity index (χ3n) is 4.41. The molecule has 1 aliphatic rings. The number of aromatic nitrogens is 3. The molecular weight excluding hydrogens is 312 g/mol. The lowest BCUT2D eigenvalue weighted by molar-refractivity contribution is 0.0934. The molecule has 1 fully saturated rings. The molecule has 1 unspecified atom stereocenters. The molecule has 0 aliphatic heterocycles. The standard InChI is InChI=1S/C17H21ClN4O/c1-12(14-9-5-6-10-15(14)18)19-17(23)16-11-22(21-20-16)13-7-3-2-4-8-13/h5-6,9-13H,2-4,7-8H2,1H3,(H,19,23). The van der Waals surface area contributed by atoms with Crippen LogP contribution in [0.3, 0.4) is 0 Å². The maximum absolute atomic E-state index is 12.4. The number of nitrogens with one attached hydrogen (secondary N) is 1. The summed E-state index contributed by atoms with van der Waals surface area (Å²) >= 11 is 6.17. The van der Waals surface area contributed by atoms with E-state index in [2.05, 4.69) is 15.6 Å². The van der Waals surface area contributed by atoms with Crippen LogP contribution in [0.15, 0.2) is 30.5 Å². The average molecular weight is 333 g/mol. The van der Waals surface area contributed by atoms with Crippen molar-refractivity contribution in [1.29, 1.82) is 0 Å². The molecule has 1 atom stereocenters. The van der Waals surface area contributed by atoms with Crippen molar-refractivity contribution in [2.45, 2.75) is 51.1 Å². The van der Waals surface area contributed by atoms with Gasteiger partial charge in [-0.25, -0.2) is 4.68 Å². The molecule has 122 valence electrons. The smallest absolute Gasteiger partial charge is 0.273 e. The van der Waals surface area contributed by atoms with E-state index in [1.165, 1.54) is 19.3 Å². The summed E-state index contributed by atoms with van der Waals surface area (Å²) in [6.45, 7) is 1.91. The van der Waals surface area contributed by atoms with E-state index in [1.807, 2.05) is 35.9 Å². The molecule has 0 spiro atoms. The first-order valence-corrected chi connectivity index (χ1v) is 8.50. The van der Waals surface area contributed by atoms with Gasteiger partial charge in [-0.05, 0) is 31.4 Å². The van der Waals surface area contributed by atoms with Gasteiger partial charge in [-0.15, -0.1) is 5.10 Å². The lowest BCUT2D eigenvalue weighted by Crippen LogP contribution is -2.27. The predicted molar refractivity (Wildman–Crippen MR) is 89.5 cm³/mol. The quantitative estimate of drug-likeness (QED) is 0.922. The fraction of sp³-hybridized carbons (Fsp3) is 0.471. The predicted octanol–water partition coefficient (Wildman–Crippen LogP) is 3.93. The Morgan fingerprint density at radius 1 is 1.30 bits per heavy atom. The van der Waals surface area contributed by atoms with Crippen molar-refractivity contribution in [1.82, 2.24) is 20.3 Å². The topological polar surface area (TPSA) is 59.8 Å². The number of amides is 1. The summed E-state index contributed by atoms with van der Waals surface area (Å²) in [6, 6.07) is 7.69. The van der Waals surface area contributed by atoms with E-state index in [4.69, 9.17) is 11.6 Å². The lowest BCUT2D eigenvalue weighted by atomic mass is 9.96. The Balaban J connectivity index is 1.66. The van der Waals surface area contributed by atoms with Crippen LogP contribution < -0.4 is 5.32 Å². The van der Waals surface area contributed by atoms with Crippen LogP contribution in [-0.4, -0.2) is 20.9 Å². The van der Waals surface area contributed by atoms with E-state index < -0.39 is 0 Å². The van der Waals surface area contributed by atoms with Crippen LogP contribution in [0.1, 0.15) is 67.2 Å². The molecule has 1 aromatic heterocycles. The van der Waals surface area contributed by atoms with E-state index >= 15 is 0 Å². The fourth-order valence-corrected chi connectivity index (χ4v) is 3.38. The second-order valence-electron chi connectivity index (χ2n) is 6.09. The monoisotopic (exact) mass is 332 g/mol. The molecule has 1 amide bonds. The Morgan fingerprint density at radius 2 is 2.04 bits per heavy atom. The Hall–Kier alpha value is -1.88. The summed E-state index contributed by atoms with van der Waals surface area (Å²) < 4.78 is 1.84. The Kier molecular flexibility index (Phi) is 4.96. The molecule has 1 N–H and O–H groups in total. The van der Waals surface area contributed by atoms with Crippen LogP contribution in [0.2, 0.25) is 5.02 Å². The van der Waals surface area contributed by atoms with Crippen molar-refractivity contribution in [3.05, 3.63) is 46.7 Å². The number of rotatable bonds is 4. The third-order valence-corrected chi connectivity index (χ3v) is 4.76. The van der Waals surface area contributed by atoms with Gasteiger partial charge in [0.2, 0.25) is 0 Å². The van der Waals surface area contributed by atoms with Crippen molar-refractivity contribution in [3.8, 4) is 0 Å². The van der Waals surface area contributed by atoms with Crippen LogP contribution in [0.4, 0.5) is 0 Å². The second kappa shape index (κ2) is 7.13.